The van der Waals surface area contributed by atoms with Gasteiger partial charge in [0.15, 0.2) is 5.78 Å². The highest BCUT2D eigenvalue weighted by Crippen LogP contribution is 2.11. The van der Waals surface area contributed by atoms with E-state index in [0.29, 0.717) is 12.6 Å². The second-order valence-corrected chi connectivity index (χ2v) is 4.71. The summed E-state index contributed by atoms with van der Waals surface area (Å²) in [5.41, 5.74) is 0. The summed E-state index contributed by atoms with van der Waals surface area (Å²) in [7, 11) is 0. The lowest BCUT2D eigenvalue weighted by Gasteiger charge is -2.39. The van der Waals surface area contributed by atoms with Gasteiger partial charge in [-0.25, -0.2) is 0 Å². The molecule has 0 spiro atoms. The van der Waals surface area contributed by atoms with Gasteiger partial charge >= 0.3 is 0 Å². The number of likely N-dealkylation sites (tertiary alicyclic amines) is 1. The summed E-state index contributed by atoms with van der Waals surface area (Å²) in [5.74, 6) is 0.193. The van der Waals surface area contributed by atoms with Crippen LogP contribution >= 0.6 is 0 Å². The average Bonchev–Trinajstić information content (AvgIpc) is 2.14. The first-order chi connectivity index (χ1) is 6.91. The summed E-state index contributed by atoms with van der Waals surface area (Å²) in [5, 5.41) is 3.16. The molecule has 0 saturated carbocycles. The fraction of sp³-hybridized carbons (Fsp3) is 0.818. The van der Waals surface area contributed by atoms with Gasteiger partial charge in [0.1, 0.15) is 6.04 Å². The monoisotopic (exact) mass is 212 g/mol. The molecule has 1 aliphatic heterocycles. The van der Waals surface area contributed by atoms with Crippen molar-refractivity contribution in [2.45, 2.75) is 39.8 Å². The van der Waals surface area contributed by atoms with E-state index < -0.39 is 0 Å². The Hall–Kier alpha value is -0.900. The highest BCUT2D eigenvalue weighted by Gasteiger charge is 2.37. The van der Waals surface area contributed by atoms with Crippen LogP contribution in [0.5, 0.6) is 0 Å². The number of amides is 1. The summed E-state index contributed by atoms with van der Waals surface area (Å²) < 4.78 is 0. The molecule has 4 nitrogen and oxygen atoms in total. The number of ketones is 1. The number of Topliss-reactive ketones (excluding diaryl/α,β-unsaturated/α-hetero) is 1. The molecule has 1 aliphatic rings. The molecule has 4 heteroatoms. The first-order valence-electron chi connectivity index (χ1n) is 5.49. The number of β-lactam (4-membered cyclic amide) rings is 1. The molecule has 1 unspecified atom stereocenters. The highest BCUT2D eigenvalue weighted by molar-refractivity contribution is 5.93. The summed E-state index contributed by atoms with van der Waals surface area (Å²) in [6.07, 6.45) is 0. The highest BCUT2D eigenvalue weighted by atomic mass is 16.2. The Morgan fingerprint density at radius 2 is 2.07 bits per heavy atom. The minimum atomic E-state index is -0.0787. The van der Waals surface area contributed by atoms with Crippen molar-refractivity contribution in [3.63, 3.8) is 0 Å². The normalized spacial score (nSPS) is 21.1. The second kappa shape index (κ2) is 4.75. The molecule has 0 aliphatic carbocycles. The molecule has 1 amide bonds. The molecule has 1 fully saturated rings. The van der Waals surface area contributed by atoms with Crippen LogP contribution in [0.4, 0.5) is 0 Å². The van der Waals surface area contributed by atoms with Crippen LogP contribution in [0.2, 0.25) is 0 Å². The molecule has 1 atom stereocenters. The van der Waals surface area contributed by atoms with Crippen LogP contribution in [-0.4, -0.2) is 41.8 Å². The third-order valence-corrected chi connectivity index (χ3v) is 2.54. The van der Waals surface area contributed by atoms with Crippen LogP contribution < -0.4 is 5.32 Å². The maximum Gasteiger partial charge on any atom is 0.242 e. The van der Waals surface area contributed by atoms with Crippen molar-refractivity contribution in [1.82, 2.24) is 10.2 Å². The van der Waals surface area contributed by atoms with Crippen molar-refractivity contribution >= 4 is 11.7 Å². The fourth-order valence-corrected chi connectivity index (χ4v) is 1.54. The van der Waals surface area contributed by atoms with Gasteiger partial charge in [-0.1, -0.05) is 27.7 Å². The standard InChI is InChI=1S/C11H20N2O2/c1-7(2)10(14)6-13-5-9(11(13)15)12-8(3)4/h7-9,12H,5-6H2,1-4H3. The zero-order chi connectivity index (χ0) is 11.6. The maximum atomic E-state index is 11.6. The fourth-order valence-electron chi connectivity index (χ4n) is 1.54. The number of carbonyl (C=O) groups excluding carboxylic acids is 2. The van der Waals surface area contributed by atoms with Crippen LogP contribution in [0.1, 0.15) is 27.7 Å². The molecule has 86 valence electrons. The van der Waals surface area contributed by atoms with Crippen LogP contribution in [-0.2, 0) is 9.59 Å². The molecule has 0 bridgehead atoms. The average molecular weight is 212 g/mol. The van der Waals surface area contributed by atoms with Crippen LogP contribution in [0, 0.1) is 5.92 Å². The van der Waals surface area contributed by atoms with Gasteiger partial charge in [-0.3, -0.25) is 9.59 Å². The van der Waals surface area contributed by atoms with Gasteiger partial charge in [0, 0.05) is 18.5 Å². The van der Waals surface area contributed by atoms with Crippen molar-refractivity contribution in [1.29, 1.82) is 0 Å². The molecule has 0 aromatic rings. The molecule has 0 aromatic carbocycles. The van der Waals surface area contributed by atoms with E-state index in [0.717, 1.165) is 0 Å². The van der Waals surface area contributed by atoms with Crippen molar-refractivity contribution in [2.24, 2.45) is 5.92 Å². The van der Waals surface area contributed by atoms with Gasteiger partial charge in [0.25, 0.3) is 0 Å². The number of rotatable bonds is 5. The third-order valence-electron chi connectivity index (χ3n) is 2.54. The van der Waals surface area contributed by atoms with E-state index >= 15 is 0 Å². The van der Waals surface area contributed by atoms with Gasteiger partial charge in [-0.15, -0.1) is 0 Å². The van der Waals surface area contributed by atoms with E-state index in [1.165, 1.54) is 0 Å². The number of hydrogen-bond acceptors (Lipinski definition) is 3. The minimum absolute atomic E-state index is 0.00917. The Morgan fingerprint density at radius 3 is 2.47 bits per heavy atom. The summed E-state index contributed by atoms with van der Waals surface area (Å²) in [4.78, 5) is 24.6. The van der Waals surface area contributed by atoms with Crippen molar-refractivity contribution < 1.29 is 9.59 Å². The van der Waals surface area contributed by atoms with Gasteiger partial charge in [0.2, 0.25) is 5.91 Å². The summed E-state index contributed by atoms with van der Waals surface area (Å²) >= 11 is 0. The lowest BCUT2D eigenvalue weighted by atomic mass is 10.0. The minimum Gasteiger partial charge on any atom is -0.332 e. The topological polar surface area (TPSA) is 49.4 Å². The number of carbonyl (C=O) groups is 2. The quantitative estimate of drug-likeness (QED) is 0.672. The number of hydrogen-bond donors (Lipinski definition) is 1. The largest absolute Gasteiger partial charge is 0.332 e. The van der Waals surface area contributed by atoms with Crippen molar-refractivity contribution in [2.75, 3.05) is 13.1 Å². The van der Waals surface area contributed by atoms with E-state index in [1.54, 1.807) is 4.90 Å². The molecule has 15 heavy (non-hydrogen) atoms. The summed E-state index contributed by atoms with van der Waals surface area (Å²) in [6, 6.07) is 0.229. The molecule has 1 saturated heterocycles. The predicted molar refractivity (Wildman–Crippen MR) is 58.5 cm³/mol. The van der Waals surface area contributed by atoms with Crippen LogP contribution in [0.15, 0.2) is 0 Å². The predicted octanol–water partition coefficient (Wildman–Crippen LogP) is 0.420. The summed E-state index contributed by atoms with van der Waals surface area (Å²) in [6.45, 7) is 8.67. The Morgan fingerprint density at radius 1 is 1.47 bits per heavy atom. The van der Waals surface area contributed by atoms with E-state index in [1.807, 2.05) is 27.7 Å². The Bertz CT molecular complexity index is 261. The van der Waals surface area contributed by atoms with Crippen LogP contribution in [0.3, 0.4) is 0 Å². The van der Waals surface area contributed by atoms with E-state index in [-0.39, 0.29) is 30.2 Å². The second-order valence-electron chi connectivity index (χ2n) is 4.71. The number of nitrogens with zero attached hydrogens (tertiary/aromatic N) is 1. The molecular formula is C11H20N2O2. The SMILES string of the molecule is CC(C)NC1CN(CC(=O)C(C)C)C1=O. The molecule has 1 heterocycles. The first-order valence-corrected chi connectivity index (χ1v) is 5.49. The Kier molecular flexibility index (Phi) is 3.85. The zero-order valence-corrected chi connectivity index (χ0v) is 9.91. The van der Waals surface area contributed by atoms with E-state index in [9.17, 15) is 9.59 Å². The van der Waals surface area contributed by atoms with Crippen molar-refractivity contribution in [3.05, 3.63) is 0 Å². The lowest BCUT2D eigenvalue weighted by molar-refractivity contribution is -0.147. The first kappa shape index (κ1) is 12.2. The third kappa shape index (κ3) is 3.02. The van der Waals surface area contributed by atoms with E-state index in [2.05, 4.69) is 5.32 Å². The van der Waals surface area contributed by atoms with Crippen molar-refractivity contribution in [3.8, 4) is 0 Å². The smallest absolute Gasteiger partial charge is 0.242 e. The zero-order valence-electron chi connectivity index (χ0n) is 9.91. The van der Waals surface area contributed by atoms with Gasteiger partial charge in [-0.05, 0) is 0 Å². The Balaban J connectivity index is 2.33. The van der Waals surface area contributed by atoms with Gasteiger partial charge in [-0.2, -0.15) is 0 Å². The number of nitrogens with one attached hydrogen (secondary N) is 1. The molecule has 0 aromatic heterocycles. The van der Waals surface area contributed by atoms with E-state index in [4.69, 9.17) is 0 Å². The molecule has 0 radical (unpaired) electrons. The van der Waals surface area contributed by atoms with Crippen LogP contribution in [0.25, 0.3) is 0 Å². The molecule has 1 N–H and O–H groups in total. The van der Waals surface area contributed by atoms with Gasteiger partial charge < -0.3 is 10.2 Å². The Labute approximate surface area is 91.0 Å². The lowest BCUT2D eigenvalue weighted by Crippen LogP contribution is -2.64. The molecule has 1 rings (SSSR count). The molecular weight excluding hydrogens is 192 g/mol. The van der Waals surface area contributed by atoms with Gasteiger partial charge in [0.05, 0.1) is 6.54 Å². The maximum absolute atomic E-state index is 11.6.